The number of amides is 2. The molecule has 0 aliphatic heterocycles. The van der Waals surface area contributed by atoms with Crippen LogP contribution in [0.2, 0.25) is 0 Å². The van der Waals surface area contributed by atoms with E-state index in [2.05, 4.69) is 15.6 Å². The molecule has 3 aromatic rings. The zero-order valence-corrected chi connectivity index (χ0v) is 14.7. The molecule has 0 saturated carbocycles. The normalized spacial score (nSPS) is 10.3. The van der Waals surface area contributed by atoms with Crippen molar-refractivity contribution in [1.29, 1.82) is 0 Å². The van der Waals surface area contributed by atoms with Crippen molar-refractivity contribution in [2.75, 3.05) is 5.32 Å². The van der Waals surface area contributed by atoms with E-state index in [1.165, 1.54) is 42.7 Å². The Morgan fingerprint density at radius 1 is 0.963 bits per heavy atom. The first-order valence-corrected chi connectivity index (χ1v) is 8.37. The van der Waals surface area contributed by atoms with Gasteiger partial charge in [-0.15, -0.1) is 0 Å². The van der Waals surface area contributed by atoms with Crippen molar-refractivity contribution in [3.8, 4) is 0 Å². The predicted molar refractivity (Wildman–Crippen MR) is 101 cm³/mol. The summed E-state index contributed by atoms with van der Waals surface area (Å²) in [4.78, 5) is 28.7. The number of carbonyl (C=O) groups excluding carboxylic acids is 2. The Kier molecular flexibility index (Phi) is 5.56. The van der Waals surface area contributed by atoms with Crippen molar-refractivity contribution in [2.45, 2.75) is 13.5 Å². The Bertz CT molecular complexity index is 971. The molecule has 3 rings (SSSR count). The van der Waals surface area contributed by atoms with E-state index in [1.807, 2.05) is 31.2 Å². The number of hydrogen-bond donors (Lipinski definition) is 2. The molecule has 0 fully saturated rings. The van der Waals surface area contributed by atoms with Gasteiger partial charge in [-0.3, -0.25) is 14.6 Å². The van der Waals surface area contributed by atoms with E-state index >= 15 is 0 Å². The van der Waals surface area contributed by atoms with Crippen LogP contribution < -0.4 is 10.6 Å². The highest BCUT2D eigenvalue weighted by molar-refractivity contribution is 6.05. The number of nitrogens with one attached hydrogen (secondary N) is 2. The number of carbonyl (C=O) groups is 2. The number of pyridine rings is 1. The molecule has 1 aromatic heterocycles. The Hall–Kier alpha value is -3.54. The summed E-state index contributed by atoms with van der Waals surface area (Å²) in [6, 6.07) is 14.7. The number of benzene rings is 2. The van der Waals surface area contributed by atoms with Crippen molar-refractivity contribution in [3.63, 3.8) is 0 Å². The Morgan fingerprint density at radius 3 is 2.33 bits per heavy atom. The summed E-state index contributed by atoms with van der Waals surface area (Å²) in [5, 5.41) is 5.47. The number of aryl methyl sites for hydroxylation is 1. The Morgan fingerprint density at radius 2 is 1.63 bits per heavy atom. The van der Waals surface area contributed by atoms with Crippen LogP contribution in [0.1, 0.15) is 31.8 Å². The lowest BCUT2D eigenvalue weighted by Crippen LogP contribution is -2.24. The first kappa shape index (κ1) is 18.3. The Labute approximate surface area is 156 Å². The van der Waals surface area contributed by atoms with E-state index in [1.54, 1.807) is 0 Å². The number of halogens is 1. The predicted octanol–water partition coefficient (Wildman–Crippen LogP) is 3.71. The molecule has 0 unspecified atom stereocenters. The fraction of sp³-hybridized carbons (Fsp3) is 0.0952. The van der Waals surface area contributed by atoms with Crippen LogP contribution in [-0.4, -0.2) is 16.8 Å². The van der Waals surface area contributed by atoms with E-state index < -0.39 is 5.91 Å². The highest BCUT2D eigenvalue weighted by Crippen LogP contribution is 2.12. The van der Waals surface area contributed by atoms with Gasteiger partial charge in [-0.25, -0.2) is 4.39 Å². The quantitative estimate of drug-likeness (QED) is 0.726. The third-order valence-corrected chi connectivity index (χ3v) is 4.07. The zero-order chi connectivity index (χ0) is 19.2. The van der Waals surface area contributed by atoms with Crippen molar-refractivity contribution in [1.82, 2.24) is 10.3 Å². The molecule has 27 heavy (non-hydrogen) atoms. The lowest BCUT2D eigenvalue weighted by Gasteiger charge is -2.09. The van der Waals surface area contributed by atoms with Gasteiger partial charge in [0.15, 0.2) is 0 Å². The van der Waals surface area contributed by atoms with E-state index in [0.29, 0.717) is 12.2 Å². The summed E-state index contributed by atoms with van der Waals surface area (Å²) in [6.45, 7) is 2.36. The standard InChI is InChI=1S/C21H18FN3O2/c1-14-4-2-3-5-15(14)13-24-20(26)16-10-17(12-23-11-16)21(27)25-19-8-6-18(22)7-9-19/h2-12H,13H2,1H3,(H,24,26)(H,25,27). The molecule has 2 N–H and O–H groups in total. The van der Waals surface area contributed by atoms with Crippen LogP contribution in [0.25, 0.3) is 0 Å². The van der Waals surface area contributed by atoms with Crippen LogP contribution >= 0.6 is 0 Å². The van der Waals surface area contributed by atoms with Crippen LogP contribution in [0.5, 0.6) is 0 Å². The number of hydrogen-bond acceptors (Lipinski definition) is 3. The summed E-state index contributed by atoms with van der Waals surface area (Å²) >= 11 is 0. The van der Waals surface area contributed by atoms with Crippen LogP contribution in [0.15, 0.2) is 67.0 Å². The minimum atomic E-state index is -0.428. The fourth-order valence-corrected chi connectivity index (χ4v) is 2.51. The van der Waals surface area contributed by atoms with Crippen LogP contribution in [0.4, 0.5) is 10.1 Å². The summed E-state index contributed by atoms with van der Waals surface area (Å²) < 4.78 is 12.9. The van der Waals surface area contributed by atoms with Crippen LogP contribution in [-0.2, 0) is 6.54 Å². The summed E-state index contributed by atoms with van der Waals surface area (Å²) in [5.74, 6) is -1.13. The van der Waals surface area contributed by atoms with E-state index in [0.717, 1.165) is 11.1 Å². The second-order valence-corrected chi connectivity index (χ2v) is 6.03. The minimum absolute atomic E-state index is 0.239. The highest BCUT2D eigenvalue weighted by atomic mass is 19.1. The molecule has 2 amide bonds. The van der Waals surface area contributed by atoms with Gasteiger partial charge >= 0.3 is 0 Å². The first-order chi connectivity index (χ1) is 13.0. The summed E-state index contributed by atoms with van der Waals surface area (Å²) in [5.41, 5.74) is 3.08. The molecular formula is C21H18FN3O2. The summed E-state index contributed by atoms with van der Waals surface area (Å²) in [6.07, 6.45) is 2.78. The SMILES string of the molecule is Cc1ccccc1CNC(=O)c1cncc(C(=O)Nc2ccc(F)cc2)c1. The maximum Gasteiger partial charge on any atom is 0.257 e. The minimum Gasteiger partial charge on any atom is -0.348 e. The molecular weight excluding hydrogens is 345 g/mol. The second-order valence-electron chi connectivity index (χ2n) is 6.03. The molecule has 2 aromatic carbocycles. The van der Waals surface area contributed by atoms with Gasteiger partial charge in [0.25, 0.3) is 11.8 Å². The van der Waals surface area contributed by atoms with Gasteiger partial charge in [-0.2, -0.15) is 0 Å². The number of anilines is 1. The average Bonchev–Trinajstić information content (AvgIpc) is 2.69. The molecule has 0 radical (unpaired) electrons. The van der Waals surface area contributed by atoms with Gasteiger partial charge in [0.2, 0.25) is 0 Å². The smallest absolute Gasteiger partial charge is 0.257 e. The van der Waals surface area contributed by atoms with Crippen LogP contribution in [0, 0.1) is 12.7 Å². The third-order valence-electron chi connectivity index (χ3n) is 4.07. The molecule has 0 bridgehead atoms. The fourth-order valence-electron chi connectivity index (χ4n) is 2.51. The van der Waals surface area contributed by atoms with Crippen molar-refractivity contribution in [3.05, 3.63) is 95.1 Å². The maximum absolute atomic E-state index is 12.9. The molecule has 0 aliphatic carbocycles. The van der Waals surface area contributed by atoms with E-state index in [4.69, 9.17) is 0 Å². The lowest BCUT2D eigenvalue weighted by atomic mass is 10.1. The molecule has 0 aliphatic rings. The second kappa shape index (κ2) is 8.23. The van der Waals surface area contributed by atoms with Crippen molar-refractivity contribution in [2.24, 2.45) is 0 Å². The van der Waals surface area contributed by atoms with Gasteiger partial charge in [-0.1, -0.05) is 24.3 Å². The van der Waals surface area contributed by atoms with E-state index in [-0.39, 0.29) is 22.9 Å². The monoisotopic (exact) mass is 363 g/mol. The molecule has 1 heterocycles. The first-order valence-electron chi connectivity index (χ1n) is 8.37. The van der Waals surface area contributed by atoms with Gasteiger partial charge in [0.1, 0.15) is 5.82 Å². The van der Waals surface area contributed by atoms with Crippen molar-refractivity contribution < 1.29 is 14.0 Å². The van der Waals surface area contributed by atoms with E-state index in [9.17, 15) is 14.0 Å². The maximum atomic E-state index is 12.9. The van der Waals surface area contributed by atoms with Gasteiger partial charge < -0.3 is 10.6 Å². The van der Waals surface area contributed by atoms with Crippen molar-refractivity contribution >= 4 is 17.5 Å². The highest BCUT2D eigenvalue weighted by Gasteiger charge is 2.12. The number of aromatic nitrogens is 1. The molecule has 5 nitrogen and oxygen atoms in total. The largest absolute Gasteiger partial charge is 0.348 e. The number of rotatable bonds is 5. The topological polar surface area (TPSA) is 71.1 Å². The average molecular weight is 363 g/mol. The van der Waals surface area contributed by atoms with Crippen LogP contribution in [0.3, 0.4) is 0 Å². The molecule has 0 spiro atoms. The molecule has 6 heteroatoms. The Balaban J connectivity index is 1.67. The lowest BCUT2D eigenvalue weighted by molar-refractivity contribution is 0.0950. The summed E-state index contributed by atoms with van der Waals surface area (Å²) in [7, 11) is 0. The number of nitrogens with zero attached hydrogens (tertiary/aromatic N) is 1. The van der Waals surface area contributed by atoms with Gasteiger partial charge in [0.05, 0.1) is 11.1 Å². The zero-order valence-electron chi connectivity index (χ0n) is 14.7. The van der Waals surface area contributed by atoms with Gasteiger partial charge in [0, 0.05) is 24.6 Å². The molecule has 136 valence electrons. The molecule has 0 saturated heterocycles. The third kappa shape index (κ3) is 4.76. The molecule has 0 atom stereocenters. The van der Waals surface area contributed by atoms with Gasteiger partial charge in [-0.05, 0) is 48.4 Å².